The Morgan fingerprint density at radius 3 is 2.88 bits per heavy atom. The van der Waals surface area contributed by atoms with Crippen LogP contribution in [0, 0.1) is 0 Å². The third-order valence-corrected chi connectivity index (χ3v) is 2.29. The summed E-state index contributed by atoms with van der Waals surface area (Å²) < 4.78 is 1.45. The van der Waals surface area contributed by atoms with Crippen molar-refractivity contribution in [2.75, 3.05) is 5.32 Å². The van der Waals surface area contributed by atoms with Gasteiger partial charge in [-0.1, -0.05) is 11.6 Å². The van der Waals surface area contributed by atoms with Gasteiger partial charge in [-0.3, -0.25) is 4.79 Å². The van der Waals surface area contributed by atoms with Gasteiger partial charge in [-0.15, -0.1) is 0 Å². The molecular formula is C10H11ClN4O2. The molecule has 17 heavy (non-hydrogen) atoms. The van der Waals surface area contributed by atoms with E-state index in [9.17, 15) is 9.90 Å². The van der Waals surface area contributed by atoms with Crippen LogP contribution in [0.15, 0.2) is 18.3 Å². The first kappa shape index (κ1) is 11.8. The van der Waals surface area contributed by atoms with Crippen molar-refractivity contribution in [2.45, 2.75) is 19.4 Å². The number of hydrogen-bond donors (Lipinski definition) is 2. The van der Waals surface area contributed by atoms with Gasteiger partial charge in [-0.25, -0.2) is 9.50 Å². The first-order chi connectivity index (χ1) is 7.86. The molecule has 0 aliphatic heterocycles. The van der Waals surface area contributed by atoms with Gasteiger partial charge in [0.25, 0.3) is 5.91 Å². The van der Waals surface area contributed by atoms with Crippen molar-refractivity contribution < 1.29 is 9.90 Å². The number of imidazole rings is 1. The normalized spacial score (nSPS) is 11.8. The van der Waals surface area contributed by atoms with Gasteiger partial charge >= 0.3 is 0 Å². The molecule has 1 amide bonds. The Hall–Kier alpha value is -1.66. The van der Waals surface area contributed by atoms with Crippen LogP contribution in [0.25, 0.3) is 5.65 Å². The van der Waals surface area contributed by atoms with Gasteiger partial charge < -0.3 is 10.4 Å². The number of anilines is 1. The molecule has 0 fully saturated rings. The maximum absolute atomic E-state index is 11.5. The minimum Gasteiger partial charge on any atom is -0.381 e. The molecule has 0 spiro atoms. The number of halogens is 1. The molecule has 2 heterocycles. The molecule has 0 aliphatic rings. The van der Waals surface area contributed by atoms with Crippen LogP contribution in [0.1, 0.15) is 13.8 Å². The maximum Gasteiger partial charge on any atom is 0.256 e. The van der Waals surface area contributed by atoms with Crippen LogP contribution < -0.4 is 5.32 Å². The third kappa shape index (κ3) is 2.54. The zero-order valence-electron chi connectivity index (χ0n) is 9.31. The number of nitrogens with one attached hydrogen (secondary N) is 1. The number of rotatable bonds is 2. The average Bonchev–Trinajstić information content (AvgIpc) is 2.57. The number of carbonyl (C=O) groups excluding carboxylic acids is 1. The molecule has 90 valence electrons. The number of aliphatic hydroxyl groups is 1. The van der Waals surface area contributed by atoms with Gasteiger partial charge in [0.05, 0.1) is 6.20 Å². The largest absolute Gasteiger partial charge is 0.381 e. The van der Waals surface area contributed by atoms with Crippen molar-refractivity contribution in [1.29, 1.82) is 0 Å². The fourth-order valence-corrected chi connectivity index (χ4v) is 1.33. The molecule has 2 rings (SSSR count). The molecule has 2 aromatic heterocycles. The molecule has 0 unspecified atom stereocenters. The molecular weight excluding hydrogens is 244 g/mol. The monoisotopic (exact) mass is 254 g/mol. The van der Waals surface area contributed by atoms with E-state index in [1.54, 1.807) is 12.1 Å². The number of aromatic nitrogens is 3. The van der Waals surface area contributed by atoms with E-state index in [-0.39, 0.29) is 0 Å². The molecule has 0 saturated carbocycles. The van der Waals surface area contributed by atoms with Crippen molar-refractivity contribution in [3.63, 3.8) is 0 Å². The zero-order chi connectivity index (χ0) is 12.6. The average molecular weight is 255 g/mol. The zero-order valence-corrected chi connectivity index (χ0v) is 10.1. The van der Waals surface area contributed by atoms with E-state index in [2.05, 4.69) is 15.4 Å². The van der Waals surface area contributed by atoms with Crippen molar-refractivity contribution in [3.8, 4) is 0 Å². The van der Waals surface area contributed by atoms with Crippen LogP contribution in [0.2, 0.25) is 5.15 Å². The van der Waals surface area contributed by atoms with Crippen LogP contribution in [0.4, 0.5) is 5.82 Å². The Balaban J connectivity index is 2.29. The summed E-state index contributed by atoms with van der Waals surface area (Å²) in [5, 5.41) is 16.3. The van der Waals surface area contributed by atoms with E-state index < -0.39 is 11.5 Å². The molecule has 0 atom stereocenters. The summed E-state index contributed by atoms with van der Waals surface area (Å²) in [4.78, 5) is 15.6. The second-order valence-corrected chi connectivity index (χ2v) is 4.49. The first-order valence-electron chi connectivity index (χ1n) is 4.92. The second kappa shape index (κ2) is 3.97. The summed E-state index contributed by atoms with van der Waals surface area (Å²) in [7, 11) is 0. The summed E-state index contributed by atoms with van der Waals surface area (Å²) >= 11 is 5.72. The number of carbonyl (C=O) groups is 1. The number of fused-ring (bicyclic) bond motifs is 1. The lowest BCUT2D eigenvalue weighted by atomic mass is 10.1. The van der Waals surface area contributed by atoms with Crippen molar-refractivity contribution in [1.82, 2.24) is 14.6 Å². The molecule has 0 saturated heterocycles. The van der Waals surface area contributed by atoms with Gasteiger partial charge in [0.15, 0.2) is 11.5 Å². The van der Waals surface area contributed by atoms with Crippen molar-refractivity contribution in [3.05, 3.63) is 23.5 Å². The lowest BCUT2D eigenvalue weighted by molar-refractivity contribution is -0.130. The highest BCUT2D eigenvalue weighted by Crippen LogP contribution is 2.13. The quantitative estimate of drug-likeness (QED) is 0.841. The van der Waals surface area contributed by atoms with E-state index in [0.29, 0.717) is 16.6 Å². The summed E-state index contributed by atoms with van der Waals surface area (Å²) in [6, 6.07) is 3.28. The Morgan fingerprint density at radius 2 is 2.24 bits per heavy atom. The molecule has 2 N–H and O–H groups in total. The highest BCUT2D eigenvalue weighted by atomic mass is 35.5. The van der Waals surface area contributed by atoms with Gasteiger partial charge in [0.2, 0.25) is 0 Å². The minimum absolute atomic E-state index is 0.312. The fourth-order valence-electron chi connectivity index (χ4n) is 1.19. The van der Waals surface area contributed by atoms with E-state index in [4.69, 9.17) is 11.6 Å². The summed E-state index contributed by atoms with van der Waals surface area (Å²) in [5.74, 6) is -0.223. The Bertz CT molecular complexity index is 573. The van der Waals surface area contributed by atoms with E-state index in [1.807, 2.05) is 0 Å². The Labute approximate surface area is 102 Å². The first-order valence-corrected chi connectivity index (χ1v) is 5.30. The lowest BCUT2D eigenvalue weighted by Crippen LogP contribution is -2.36. The van der Waals surface area contributed by atoms with Gasteiger partial charge in [0.1, 0.15) is 10.8 Å². The van der Waals surface area contributed by atoms with Crippen LogP contribution in [-0.4, -0.2) is 31.2 Å². The standard InChI is InChI=1S/C10H11ClN4O2/c1-10(2,17)9(16)13-7-5-15-8(12-7)4-3-6(11)14-15/h3-5,17H,1-2H3,(H,13,16). The maximum atomic E-state index is 11.5. The molecule has 0 radical (unpaired) electrons. The van der Waals surface area contributed by atoms with Gasteiger partial charge in [0, 0.05) is 0 Å². The topological polar surface area (TPSA) is 79.5 Å². The predicted octanol–water partition coefficient (Wildman–Crippen LogP) is 1.09. The second-order valence-electron chi connectivity index (χ2n) is 4.10. The van der Waals surface area contributed by atoms with Gasteiger partial charge in [-0.05, 0) is 26.0 Å². The van der Waals surface area contributed by atoms with E-state index in [1.165, 1.54) is 24.6 Å². The number of hydrogen-bond acceptors (Lipinski definition) is 4. The third-order valence-electron chi connectivity index (χ3n) is 2.08. The lowest BCUT2D eigenvalue weighted by Gasteiger charge is -2.14. The summed E-state index contributed by atoms with van der Waals surface area (Å²) in [6.07, 6.45) is 1.52. The summed E-state index contributed by atoms with van der Waals surface area (Å²) in [5.41, 5.74) is -0.901. The highest BCUT2D eigenvalue weighted by Gasteiger charge is 2.24. The van der Waals surface area contributed by atoms with Crippen LogP contribution in [0.5, 0.6) is 0 Å². The Morgan fingerprint density at radius 1 is 1.53 bits per heavy atom. The molecule has 0 aliphatic carbocycles. The smallest absolute Gasteiger partial charge is 0.256 e. The minimum atomic E-state index is -1.46. The molecule has 7 heteroatoms. The van der Waals surface area contributed by atoms with Crippen LogP contribution in [0.3, 0.4) is 0 Å². The fraction of sp³-hybridized carbons (Fsp3) is 0.300. The SMILES string of the molecule is CC(C)(O)C(=O)Nc1cn2nc(Cl)ccc2n1. The van der Waals surface area contributed by atoms with E-state index in [0.717, 1.165) is 0 Å². The molecule has 0 aromatic carbocycles. The molecule has 2 aromatic rings. The van der Waals surface area contributed by atoms with E-state index >= 15 is 0 Å². The van der Waals surface area contributed by atoms with Crippen LogP contribution in [-0.2, 0) is 4.79 Å². The van der Waals surface area contributed by atoms with Crippen molar-refractivity contribution >= 4 is 29.0 Å². The van der Waals surface area contributed by atoms with Gasteiger partial charge in [-0.2, -0.15) is 5.10 Å². The van der Waals surface area contributed by atoms with Crippen molar-refractivity contribution in [2.24, 2.45) is 0 Å². The predicted molar refractivity (Wildman–Crippen MR) is 62.9 cm³/mol. The highest BCUT2D eigenvalue weighted by molar-refractivity contribution is 6.29. The Kier molecular flexibility index (Phi) is 2.76. The number of amides is 1. The summed E-state index contributed by atoms with van der Waals surface area (Å²) in [6.45, 7) is 2.79. The van der Waals surface area contributed by atoms with Crippen LogP contribution >= 0.6 is 11.6 Å². The molecule has 0 bridgehead atoms. The number of nitrogens with zero attached hydrogens (tertiary/aromatic N) is 3. The molecule has 6 nitrogen and oxygen atoms in total.